The fourth-order valence-electron chi connectivity index (χ4n) is 1.14. The standard InChI is InChI=1S/C10H10ClF4NO/c11-5-7-4-8(12)6-16-9(7)17-3-1-2-10(13,14)15/h4,6H,1-3,5H2. The first kappa shape index (κ1) is 14.0. The highest BCUT2D eigenvalue weighted by molar-refractivity contribution is 6.17. The van der Waals surface area contributed by atoms with Gasteiger partial charge in [0.1, 0.15) is 5.82 Å². The maximum absolute atomic E-state index is 12.8. The maximum atomic E-state index is 12.8. The van der Waals surface area contributed by atoms with E-state index in [1.54, 1.807) is 0 Å². The van der Waals surface area contributed by atoms with Crippen LogP contribution in [0.2, 0.25) is 0 Å². The molecule has 1 aromatic rings. The molecule has 0 N–H and O–H groups in total. The first-order valence-electron chi connectivity index (χ1n) is 4.82. The molecule has 0 aliphatic rings. The summed E-state index contributed by atoms with van der Waals surface area (Å²) in [5.41, 5.74) is 0.318. The Morgan fingerprint density at radius 1 is 1.35 bits per heavy atom. The van der Waals surface area contributed by atoms with E-state index in [1.807, 2.05) is 0 Å². The van der Waals surface area contributed by atoms with Gasteiger partial charge in [-0.2, -0.15) is 13.2 Å². The molecular weight excluding hydrogens is 262 g/mol. The second kappa shape index (κ2) is 6.05. The van der Waals surface area contributed by atoms with E-state index >= 15 is 0 Å². The number of nitrogens with zero attached hydrogens (tertiary/aromatic N) is 1. The second-order valence-electron chi connectivity index (χ2n) is 3.32. The van der Waals surface area contributed by atoms with Crippen LogP contribution in [-0.2, 0) is 5.88 Å². The van der Waals surface area contributed by atoms with Crippen LogP contribution < -0.4 is 4.74 Å². The largest absolute Gasteiger partial charge is 0.477 e. The molecule has 0 saturated heterocycles. The average molecular weight is 272 g/mol. The molecule has 7 heteroatoms. The second-order valence-corrected chi connectivity index (χ2v) is 3.59. The van der Waals surface area contributed by atoms with E-state index in [0.29, 0.717) is 5.56 Å². The van der Waals surface area contributed by atoms with Crippen LogP contribution in [0.1, 0.15) is 18.4 Å². The first-order chi connectivity index (χ1) is 7.92. The molecule has 1 rings (SSSR count). The minimum Gasteiger partial charge on any atom is -0.477 e. The van der Waals surface area contributed by atoms with Crippen LogP contribution in [0.3, 0.4) is 0 Å². The van der Waals surface area contributed by atoms with Gasteiger partial charge in [0.05, 0.1) is 18.7 Å². The van der Waals surface area contributed by atoms with Gasteiger partial charge >= 0.3 is 6.18 Å². The van der Waals surface area contributed by atoms with Crippen molar-refractivity contribution >= 4 is 11.6 Å². The van der Waals surface area contributed by atoms with Gasteiger partial charge in [-0.25, -0.2) is 9.37 Å². The van der Waals surface area contributed by atoms with Crippen molar-refractivity contribution in [1.82, 2.24) is 4.98 Å². The fraction of sp³-hybridized carbons (Fsp3) is 0.500. The van der Waals surface area contributed by atoms with Crippen LogP contribution in [0.15, 0.2) is 12.3 Å². The Labute approximate surface area is 101 Å². The predicted molar refractivity (Wildman–Crippen MR) is 54.5 cm³/mol. The zero-order valence-electron chi connectivity index (χ0n) is 8.73. The van der Waals surface area contributed by atoms with Gasteiger partial charge in [0.25, 0.3) is 0 Å². The van der Waals surface area contributed by atoms with Crippen LogP contribution >= 0.6 is 11.6 Å². The summed E-state index contributed by atoms with van der Waals surface area (Å²) in [7, 11) is 0. The Morgan fingerprint density at radius 3 is 2.65 bits per heavy atom. The minimum atomic E-state index is -4.20. The number of rotatable bonds is 5. The summed E-state index contributed by atoms with van der Waals surface area (Å²) in [5.74, 6) is -0.508. The summed E-state index contributed by atoms with van der Waals surface area (Å²) in [4.78, 5) is 3.62. The third kappa shape index (κ3) is 5.21. The average Bonchev–Trinajstić information content (AvgIpc) is 2.24. The molecule has 0 atom stereocenters. The zero-order valence-corrected chi connectivity index (χ0v) is 9.48. The molecule has 0 amide bonds. The smallest absolute Gasteiger partial charge is 0.389 e. The van der Waals surface area contributed by atoms with Crippen molar-refractivity contribution in [3.05, 3.63) is 23.6 Å². The molecular formula is C10H10ClF4NO. The van der Waals surface area contributed by atoms with E-state index in [9.17, 15) is 17.6 Å². The van der Waals surface area contributed by atoms with Crippen molar-refractivity contribution in [1.29, 1.82) is 0 Å². The zero-order chi connectivity index (χ0) is 12.9. The van der Waals surface area contributed by atoms with E-state index in [2.05, 4.69) is 4.98 Å². The Balaban J connectivity index is 2.46. The third-order valence-corrected chi connectivity index (χ3v) is 2.17. The van der Waals surface area contributed by atoms with Crippen LogP contribution in [0.5, 0.6) is 5.88 Å². The molecule has 0 unspecified atom stereocenters. The number of halogens is 5. The van der Waals surface area contributed by atoms with E-state index in [1.165, 1.54) is 0 Å². The molecule has 1 heterocycles. The number of alkyl halides is 4. The van der Waals surface area contributed by atoms with E-state index in [0.717, 1.165) is 12.3 Å². The summed E-state index contributed by atoms with van der Waals surface area (Å²) >= 11 is 5.52. The molecule has 17 heavy (non-hydrogen) atoms. The van der Waals surface area contributed by atoms with Gasteiger partial charge in [0.2, 0.25) is 5.88 Å². The van der Waals surface area contributed by atoms with E-state index in [4.69, 9.17) is 16.3 Å². The Kier molecular flexibility index (Phi) is 4.99. The lowest BCUT2D eigenvalue weighted by molar-refractivity contribution is -0.136. The van der Waals surface area contributed by atoms with E-state index in [-0.39, 0.29) is 24.8 Å². The van der Waals surface area contributed by atoms with Gasteiger partial charge in [-0.15, -0.1) is 11.6 Å². The Morgan fingerprint density at radius 2 is 2.06 bits per heavy atom. The molecule has 0 aliphatic heterocycles. The highest BCUT2D eigenvalue weighted by atomic mass is 35.5. The summed E-state index contributed by atoms with van der Waals surface area (Å²) < 4.78 is 53.3. The van der Waals surface area contributed by atoms with Gasteiger partial charge in [0.15, 0.2) is 0 Å². The van der Waals surface area contributed by atoms with Gasteiger partial charge in [-0.1, -0.05) is 0 Å². The lowest BCUT2D eigenvalue weighted by Gasteiger charge is -2.09. The van der Waals surface area contributed by atoms with Crippen LogP contribution in [-0.4, -0.2) is 17.8 Å². The van der Waals surface area contributed by atoms with Gasteiger partial charge in [0, 0.05) is 12.0 Å². The van der Waals surface area contributed by atoms with Crippen LogP contribution in [0.4, 0.5) is 17.6 Å². The quantitative estimate of drug-likeness (QED) is 0.463. The van der Waals surface area contributed by atoms with E-state index < -0.39 is 18.4 Å². The summed E-state index contributed by atoms with van der Waals surface area (Å²) in [6, 6.07) is 1.14. The maximum Gasteiger partial charge on any atom is 0.389 e. The molecule has 2 nitrogen and oxygen atoms in total. The van der Waals surface area contributed by atoms with Crippen molar-refractivity contribution in [2.45, 2.75) is 24.9 Å². The SMILES string of the molecule is Fc1cnc(OCCCC(F)(F)F)c(CCl)c1. The van der Waals surface area contributed by atoms with Crippen molar-refractivity contribution < 1.29 is 22.3 Å². The summed E-state index contributed by atoms with van der Waals surface area (Å²) in [6.07, 6.45) is -4.38. The molecule has 0 fully saturated rings. The molecule has 0 spiro atoms. The highest BCUT2D eigenvalue weighted by Gasteiger charge is 2.26. The van der Waals surface area contributed by atoms with Crippen molar-refractivity contribution in [2.75, 3.05) is 6.61 Å². The van der Waals surface area contributed by atoms with Crippen molar-refractivity contribution in [2.24, 2.45) is 0 Å². The van der Waals surface area contributed by atoms with Gasteiger partial charge in [-0.05, 0) is 12.5 Å². The topological polar surface area (TPSA) is 22.1 Å². The van der Waals surface area contributed by atoms with Crippen molar-refractivity contribution in [3.8, 4) is 5.88 Å². The first-order valence-corrected chi connectivity index (χ1v) is 5.36. The third-order valence-electron chi connectivity index (χ3n) is 1.88. The minimum absolute atomic E-state index is 0.0145. The predicted octanol–water partition coefficient (Wildman–Crippen LogP) is 3.68. The van der Waals surface area contributed by atoms with Crippen molar-refractivity contribution in [3.63, 3.8) is 0 Å². The monoisotopic (exact) mass is 271 g/mol. The highest BCUT2D eigenvalue weighted by Crippen LogP contribution is 2.22. The van der Waals surface area contributed by atoms with Crippen LogP contribution in [0, 0.1) is 5.82 Å². The molecule has 96 valence electrons. The Hall–Kier alpha value is -1.04. The molecule has 0 radical (unpaired) electrons. The number of aromatic nitrogens is 1. The van der Waals surface area contributed by atoms with Gasteiger partial charge < -0.3 is 4.74 Å². The fourth-order valence-corrected chi connectivity index (χ4v) is 1.33. The number of hydrogen-bond acceptors (Lipinski definition) is 2. The molecule has 0 saturated carbocycles. The lowest BCUT2D eigenvalue weighted by atomic mass is 10.3. The Bertz CT molecular complexity index is 370. The number of ether oxygens (including phenoxy) is 1. The molecule has 0 aromatic carbocycles. The van der Waals surface area contributed by atoms with Gasteiger partial charge in [-0.3, -0.25) is 0 Å². The normalized spacial score (nSPS) is 11.6. The summed E-state index contributed by atoms with van der Waals surface area (Å²) in [6.45, 7) is -0.137. The molecule has 0 bridgehead atoms. The molecule has 1 aromatic heterocycles. The van der Waals surface area contributed by atoms with Crippen LogP contribution in [0.25, 0.3) is 0 Å². The molecule has 0 aliphatic carbocycles. The number of hydrogen-bond donors (Lipinski definition) is 0. The number of pyridine rings is 1. The lowest BCUT2D eigenvalue weighted by Crippen LogP contribution is -2.10. The summed E-state index contributed by atoms with van der Waals surface area (Å²) in [5, 5.41) is 0.